The maximum Gasteiger partial charge on any atom is 0.233 e. The molecule has 1 aromatic heterocycles. The molecule has 3 aromatic rings. The van der Waals surface area contributed by atoms with Crippen LogP contribution in [-0.4, -0.2) is 27.3 Å². The second kappa shape index (κ2) is 9.55. The van der Waals surface area contributed by atoms with Crippen molar-refractivity contribution in [1.29, 1.82) is 0 Å². The first-order valence-electron chi connectivity index (χ1n) is 9.26. The van der Waals surface area contributed by atoms with Crippen molar-refractivity contribution in [3.63, 3.8) is 0 Å². The molecular weight excluding hydrogens is 373 g/mol. The first kappa shape index (κ1) is 20.1. The Kier molecular flexibility index (Phi) is 6.87. The SMILES string of the molecule is Cc1cccc(SC(C)C(=O)NCCc2cncn2Cc2cccc(F)c2)c1. The molecule has 0 bridgehead atoms. The molecule has 0 radical (unpaired) electrons. The molecular formula is C22H24FN3OS. The maximum atomic E-state index is 13.4. The summed E-state index contributed by atoms with van der Waals surface area (Å²) in [6.45, 7) is 5.05. The van der Waals surface area contributed by atoms with Crippen LogP contribution in [-0.2, 0) is 17.8 Å². The van der Waals surface area contributed by atoms with Gasteiger partial charge in [0, 0.05) is 36.3 Å². The number of amides is 1. The van der Waals surface area contributed by atoms with Crippen molar-refractivity contribution in [3.05, 3.63) is 83.7 Å². The molecule has 0 fully saturated rings. The molecule has 146 valence electrons. The van der Waals surface area contributed by atoms with Gasteiger partial charge >= 0.3 is 0 Å². The fourth-order valence-electron chi connectivity index (χ4n) is 2.93. The Bertz CT molecular complexity index is 941. The van der Waals surface area contributed by atoms with Gasteiger partial charge in [-0.25, -0.2) is 9.37 Å². The third-order valence-electron chi connectivity index (χ3n) is 4.39. The summed E-state index contributed by atoms with van der Waals surface area (Å²) in [5, 5.41) is 2.83. The minimum Gasteiger partial charge on any atom is -0.355 e. The molecule has 0 aliphatic carbocycles. The number of nitrogens with zero attached hydrogens (tertiary/aromatic N) is 2. The summed E-state index contributed by atoms with van der Waals surface area (Å²) >= 11 is 1.55. The van der Waals surface area contributed by atoms with E-state index < -0.39 is 0 Å². The van der Waals surface area contributed by atoms with Crippen LogP contribution in [0, 0.1) is 12.7 Å². The van der Waals surface area contributed by atoms with Crippen LogP contribution in [0.25, 0.3) is 0 Å². The van der Waals surface area contributed by atoms with E-state index >= 15 is 0 Å². The average Bonchev–Trinajstić information content (AvgIpc) is 3.08. The molecule has 0 saturated heterocycles. The molecule has 28 heavy (non-hydrogen) atoms. The maximum absolute atomic E-state index is 13.4. The zero-order chi connectivity index (χ0) is 19.9. The van der Waals surface area contributed by atoms with Gasteiger partial charge in [-0.2, -0.15) is 0 Å². The first-order valence-corrected chi connectivity index (χ1v) is 10.1. The number of nitrogens with one attached hydrogen (secondary N) is 1. The van der Waals surface area contributed by atoms with Crippen molar-refractivity contribution in [3.8, 4) is 0 Å². The Labute approximate surface area is 169 Å². The van der Waals surface area contributed by atoms with E-state index in [1.807, 2.05) is 42.7 Å². The highest BCUT2D eigenvalue weighted by atomic mass is 32.2. The predicted octanol–water partition coefficient (Wildman–Crippen LogP) is 4.22. The monoisotopic (exact) mass is 397 g/mol. The summed E-state index contributed by atoms with van der Waals surface area (Å²) in [4.78, 5) is 17.7. The van der Waals surface area contributed by atoms with Crippen LogP contribution in [0.4, 0.5) is 4.39 Å². The molecule has 0 saturated carbocycles. The Morgan fingerprint density at radius 2 is 2.07 bits per heavy atom. The number of hydrogen-bond donors (Lipinski definition) is 1. The lowest BCUT2D eigenvalue weighted by Crippen LogP contribution is -2.32. The summed E-state index contributed by atoms with van der Waals surface area (Å²) in [6, 6.07) is 14.7. The van der Waals surface area contributed by atoms with E-state index in [4.69, 9.17) is 0 Å². The minimum absolute atomic E-state index is 0.0164. The van der Waals surface area contributed by atoms with Gasteiger partial charge in [-0.05, 0) is 43.7 Å². The Morgan fingerprint density at radius 3 is 2.86 bits per heavy atom. The fourth-order valence-corrected chi connectivity index (χ4v) is 3.94. The Balaban J connectivity index is 1.50. The molecule has 3 rings (SSSR count). The summed E-state index contributed by atoms with van der Waals surface area (Å²) in [5.41, 5.74) is 3.07. The topological polar surface area (TPSA) is 46.9 Å². The van der Waals surface area contributed by atoms with Crippen LogP contribution >= 0.6 is 11.8 Å². The molecule has 2 aromatic carbocycles. The molecule has 1 amide bonds. The third kappa shape index (κ3) is 5.70. The number of carbonyl (C=O) groups excluding carboxylic acids is 1. The van der Waals surface area contributed by atoms with E-state index in [1.54, 1.807) is 30.4 Å². The van der Waals surface area contributed by atoms with Gasteiger partial charge in [-0.1, -0.05) is 29.8 Å². The van der Waals surface area contributed by atoms with E-state index in [2.05, 4.69) is 16.4 Å². The smallest absolute Gasteiger partial charge is 0.233 e. The normalized spacial score (nSPS) is 12.0. The van der Waals surface area contributed by atoms with E-state index in [9.17, 15) is 9.18 Å². The number of thioether (sulfide) groups is 1. The Morgan fingerprint density at radius 1 is 1.25 bits per heavy atom. The lowest BCUT2D eigenvalue weighted by Gasteiger charge is -2.13. The summed E-state index contributed by atoms with van der Waals surface area (Å²) in [7, 11) is 0. The average molecular weight is 398 g/mol. The van der Waals surface area contributed by atoms with Crippen LogP contribution in [0.1, 0.15) is 23.7 Å². The molecule has 1 atom stereocenters. The Hall–Kier alpha value is -2.60. The number of benzene rings is 2. The lowest BCUT2D eigenvalue weighted by atomic mass is 10.2. The van der Waals surface area contributed by atoms with E-state index in [0.717, 1.165) is 16.2 Å². The summed E-state index contributed by atoms with van der Waals surface area (Å²) in [6.07, 6.45) is 4.19. The van der Waals surface area contributed by atoms with Gasteiger partial charge in [0.25, 0.3) is 0 Å². The second-order valence-corrected chi connectivity index (χ2v) is 8.17. The van der Waals surface area contributed by atoms with Crippen LogP contribution in [0.3, 0.4) is 0 Å². The van der Waals surface area contributed by atoms with Gasteiger partial charge in [-0.3, -0.25) is 4.79 Å². The molecule has 4 nitrogen and oxygen atoms in total. The summed E-state index contributed by atoms with van der Waals surface area (Å²) < 4.78 is 15.3. The van der Waals surface area contributed by atoms with Crippen molar-refractivity contribution in [2.45, 2.75) is 37.0 Å². The van der Waals surface area contributed by atoms with E-state index in [0.29, 0.717) is 19.5 Å². The van der Waals surface area contributed by atoms with Crippen molar-refractivity contribution in [2.75, 3.05) is 6.54 Å². The van der Waals surface area contributed by atoms with Gasteiger partial charge in [0.2, 0.25) is 5.91 Å². The molecule has 0 spiro atoms. The molecule has 1 N–H and O–H groups in total. The van der Waals surface area contributed by atoms with Gasteiger partial charge in [0.05, 0.1) is 11.6 Å². The first-order chi connectivity index (χ1) is 13.5. The standard InChI is InChI=1S/C22H24FN3OS/c1-16-5-3-8-21(11-16)28-17(2)22(27)25-10-9-20-13-24-15-26(20)14-18-6-4-7-19(23)12-18/h3-8,11-13,15,17H,9-10,14H2,1-2H3,(H,25,27). The summed E-state index contributed by atoms with van der Waals surface area (Å²) in [5.74, 6) is -0.228. The van der Waals surface area contributed by atoms with E-state index in [-0.39, 0.29) is 17.0 Å². The molecule has 0 aliphatic rings. The van der Waals surface area contributed by atoms with Gasteiger partial charge in [-0.15, -0.1) is 11.8 Å². The fraction of sp³-hybridized carbons (Fsp3) is 0.273. The molecule has 0 aliphatic heterocycles. The van der Waals surface area contributed by atoms with Crippen LogP contribution < -0.4 is 5.32 Å². The number of hydrogen-bond acceptors (Lipinski definition) is 3. The van der Waals surface area contributed by atoms with Gasteiger partial charge < -0.3 is 9.88 Å². The highest BCUT2D eigenvalue weighted by molar-refractivity contribution is 8.00. The highest BCUT2D eigenvalue weighted by Crippen LogP contribution is 2.23. The highest BCUT2D eigenvalue weighted by Gasteiger charge is 2.14. The van der Waals surface area contributed by atoms with Crippen molar-refractivity contribution >= 4 is 17.7 Å². The number of carbonyl (C=O) groups is 1. The lowest BCUT2D eigenvalue weighted by molar-refractivity contribution is -0.120. The van der Waals surface area contributed by atoms with Crippen molar-refractivity contribution in [2.24, 2.45) is 0 Å². The van der Waals surface area contributed by atoms with Gasteiger partial charge in [0.1, 0.15) is 5.82 Å². The van der Waals surface area contributed by atoms with Gasteiger partial charge in [0.15, 0.2) is 0 Å². The number of rotatable bonds is 8. The number of halogens is 1. The minimum atomic E-state index is -0.244. The predicted molar refractivity (Wildman–Crippen MR) is 111 cm³/mol. The largest absolute Gasteiger partial charge is 0.355 e. The quantitative estimate of drug-likeness (QED) is 0.579. The second-order valence-electron chi connectivity index (χ2n) is 6.76. The van der Waals surface area contributed by atoms with E-state index in [1.165, 1.54) is 17.7 Å². The van der Waals surface area contributed by atoms with Crippen LogP contribution in [0.5, 0.6) is 0 Å². The number of aryl methyl sites for hydroxylation is 1. The van der Waals surface area contributed by atoms with Crippen molar-refractivity contribution in [1.82, 2.24) is 14.9 Å². The molecule has 6 heteroatoms. The van der Waals surface area contributed by atoms with Crippen molar-refractivity contribution < 1.29 is 9.18 Å². The zero-order valence-electron chi connectivity index (χ0n) is 16.1. The van der Waals surface area contributed by atoms with Crippen LogP contribution in [0.2, 0.25) is 0 Å². The number of imidazole rings is 1. The third-order valence-corrected chi connectivity index (χ3v) is 5.49. The number of aromatic nitrogens is 2. The zero-order valence-corrected chi connectivity index (χ0v) is 16.9. The van der Waals surface area contributed by atoms with Crippen LogP contribution in [0.15, 0.2) is 66.0 Å². The molecule has 1 heterocycles. The molecule has 1 unspecified atom stereocenters.